The first-order valence-electron chi connectivity index (χ1n) is 6.47. The summed E-state index contributed by atoms with van der Waals surface area (Å²) in [6.45, 7) is 6.82. The van der Waals surface area contributed by atoms with Crippen molar-refractivity contribution in [2.24, 2.45) is 5.92 Å². The van der Waals surface area contributed by atoms with Crippen LogP contribution in [0.2, 0.25) is 0 Å². The molecular formula is C13H22N2O2S. The highest BCUT2D eigenvalue weighted by Crippen LogP contribution is 2.24. The molecule has 1 saturated heterocycles. The Balaban J connectivity index is 1.89. The summed E-state index contributed by atoms with van der Waals surface area (Å²) in [6.07, 6.45) is 0.963. The molecule has 0 radical (unpaired) electrons. The van der Waals surface area contributed by atoms with Crippen molar-refractivity contribution in [2.75, 3.05) is 20.2 Å². The number of nitrogens with zero attached hydrogens (tertiary/aromatic N) is 2. The Labute approximate surface area is 113 Å². The highest BCUT2D eigenvalue weighted by molar-refractivity contribution is 7.09. The predicted octanol–water partition coefficient (Wildman–Crippen LogP) is 2.05. The van der Waals surface area contributed by atoms with Gasteiger partial charge in [-0.3, -0.25) is 4.90 Å². The second kappa shape index (κ2) is 6.10. The number of hydrogen-bond donors (Lipinski definition) is 1. The van der Waals surface area contributed by atoms with E-state index in [0.717, 1.165) is 36.8 Å². The summed E-state index contributed by atoms with van der Waals surface area (Å²) in [7, 11) is 1.71. The van der Waals surface area contributed by atoms with Gasteiger partial charge in [0.05, 0.1) is 11.8 Å². The summed E-state index contributed by atoms with van der Waals surface area (Å²) < 4.78 is 5.27. The summed E-state index contributed by atoms with van der Waals surface area (Å²) >= 11 is 1.66. The molecule has 102 valence electrons. The molecule has 1 aliphatic rings. The van der Waals surface area contributed by atoms with Gasteiger partial charge in [-0.2, -0.15) is 0 Å². The number of methoxy groups -OCH3 is 1. The van der Waals surface area contributed by atoms with E-state index in [0.29, 0.717) is 5.92 Å². The topological polar surface area (TPSA) is 45.6 Å². The highest BCUT2D eigenvalue weighted by Gasteiger charge is 2.26. The summed E-state index contributed by atoms with van der Waals surface area (Å²) in [5, 5.41) is 12.7. The first kappa shape index (κ1) is 13.9. The minimum atomic E-state index is -0.200. The Kier molecular flexibility index (Phi) is 4.72. The number of aliphatic hydroxyl groups is 1. The molecule has 0 spiro atoms. The summed E-state index contributed by atoms with van der Waals surface area (Å²) in [5.41, 5.74) is 1.12. The molecule has 4 nitrogen and oxygen atoms in total. The van der Waals surface area contributed by atoms with E-state index in [1.54, 1.807) is 18.4 Å². The van der Waals surface area contributed by atoms with Gasteiger partial charge in [0.2, 0.25) is 0 Å². The largest absolute Gasteiger partial charge is 0.393 e. The third kappa shape index (κ3) is 3.29. The minimum absolute atomic E-state index is 0.0764. The molecule has 1 N–H and O–H groups in total. The highest BCUT2D eigenvalue weighted by atomic mass is 32.1. The lowest BCUT2D eigenvalue weighted by molar-refractivity contribution is 0.119. The van der Waals surface area contributed by atoms with Gasteiger partial charge >= 0.3 is 0 Å². The van der Waals surface area contributed by atoms with E-state index in [2.05, 4.69) is 15.3 Å². The van der Waals surface area contributed by atoms with Gasteiger partial charge in [0, 0.05) is 25.6 Å². The van der Waals surface area contributed by atoms with Crippen LogP contribution in [-0.2, 0) is 11.3 Å². The van der Waals surface area contributed by atoms with Crippen LogP contribution in [-0.4, -0.2) is 41.3 Å². The Bertz CT molecular complexity index is 381. The van der Waals surface area contributed by atoms with Gasteiger partial charge < -0.3 is 9.84 Å². The molecule has 0 amide bonds. The fraction of sp³-hybridized carbons (Fsp3) is 0.769. The van der Waals surface area contributed by atoms with Gasteiger partial charge in [-0.15, -0.1) is 11.3 Å². The van der Waals surface area contributed by atoms with Gasteiger partial charge in [-0.05, 0) is 32.7 Å². The van der Waals surface area contributed by atoms with Crippen molar-refractivity contribution in [1.82, 2.24) is 9.88 Å². The van der Waals surface area contributed by atoms with E-state index in [9.17, 15) is 5.11 Å². The molecule has 0 aromatic carbocycles. The molecule has 3 atom stereocenters. The number of likely N-dealkylation sites (tertiary alicyclic amines) is 1. The molecular weight excluding hydrogens is 248 g/mol. The van der Waals surface area contributed by atoms with Gasteiger partial charge in [0.15, 0.2) is 0 Å². The number of hydrogen-bond acceptors (Lipinski definition) is 5. The maximum absolute atomic E-state index is 9.59. The first-order valence-corrected chi connectivity index (χ1v) is 7.35. The van der Waals surface area contributed by atoms with Gasteiger partial charge in [-0.1, -0.05) is 0 Å². The third-order valence-electron chi connectivity index (χ3n) is 3.65. The summed E-state index contributed by atoms with van der Waals surface area (Å²) in [6, 6.07) is 0. The van der Waals surface area contributed by atoms with Crippen molar-refractivity contribution in [2.45, 2.75) is 39.0 Å². The van der Waals surface area contributed by atoms with Crippen molar-refractivity contribution in [3.63, 3.8) is 0 Å². The average molecular weight is 270 g/mol. The maximum atomic E-state index is 9.59. The molecule has 0 bridgehead atoms. The number of aromatic nitrogens is 1. The van der Waals surface area contributed by atoms with Crippen LogP contribution in [0.4, 0.5) is 0 Å². The van der Waals surface area contributed by atoms with Crippen molar-refractivity contribution < 1.29 is 9.84 Å². The molecule has 2 rings (SSSR count). The molecule has 0 saturated carbocycles. The van der Waals surface area contributed by atoms with Crippen molar-refractivity contribution in [3.8, 4) is 0 Å². The van der Waals surface area contributed by atoms with Crippen LogP contribution in [0.5, 0.6) is 0 Å². The molecule has 1 fully saturated rings. The summed E-state index contributed by atoms with van der Waals surface area (Å²) in [5.74, 6) is 0.418. The lowest BCUT2D eigenvalue weighted by Crippen LogP contribution is -2.24. The van der Waals surface area contributed by atoms with Gasteiger partial charge in [0.1, 0.15) is 11.1 Å². The number of aliphatic hydroxyl groups excluding tert-OH is 1. The third-order valence-corrected chi connectivity index (χ3v) is 4.70. The van der Waals surface area contributed by atoms with E-state index in [1.807, 2.05) is 13.8 Å². The molecule has 0 aliphatic carbocycles. The molecule has 3 unspecified atom stereocenters. The Morgan fingerprint density at radius 2 is 2.39 bits per heavy atom. The Morgan fingerprint density at radius 3 is 3.00 bits per heavy atom. The zero-order valence-electron chi connectivity index (χ0n) is 11.3. The van der Waals surface area contributed by atoms with Crippen molar-refractivity contribution in [3.05, 3.63) is 16.1 Å². The van der Waals surface area contributed by atoms with Crippen LogP contribution in [0.3, 0.4) is 0 Å². The standard InChI is InChI=1S/C13H22N2O2S/c1-9(16)11-4-5-15(6-11)7-12-8-18-13(14-12)10(2)17-3/h8-11,16H,4-7H2,1-3H3. The van der Waals surface area contributed by atoms with Crippen LogP contribution in [0.25, 0.3) is 0 Å². The van der Waals surface area contributed by atoms with E-state index in [-0.39, 0.29) is 12.2 Å². The molecule has 1 aliphatic heterocycles. The lowest BCUT2D eigenvalue weighted by Gasteiger charge is -2.16. The predicted molar refractivity (Wildman–Crippen MR) is 72.6 cm³/mol. The second-order valence-electron chi connectivity index (χ2n) is 5.08. The normalized spacial score (nSPS) is 24.3. The lowest BCUT2D eigenvalue weighted by atomic mass is 10.0. The smallest absolute Gasteiger partial charge is 0.122 e. The number of ether oxygens (including phenoxy) is 1. The number of thiazole rings is 1. The quantitative estimate of drug-likeness (QED) is 0.889. The van der Waals surface area contributed by atoms with Crippen molar-refractivity contribution >= 4 is 11.3 Å². The van der Waals surface area contributed by atoms with E-state index in [4.69, 9.17) is 4.74 Å². The van der Waals surface area contributed by atoms with Crippen LogP contribution >= 0.6 is 11.3 Å². The van der Waals surface area contributed by atoms with Crippen LogP contribution in [0, 0.1) is 5.92 Å². The summed E-state index contributed by atoms with van der Waals surface area (Å²) in [4.78, 5) is 6.97. The fourth-order valence-corrected chi connectivity index (χ4v) is 3.15. The first-order chi connectivity index (χ1) is 8.60. The zero-order chi connectivity index (χ0) is 13.1. The molecule has 1 aromatic heterocycles. The SMILES string of the molecule is COC(C)c1nc(CN2CCC(C(C)O)C2)cs1. The second-order valence-corrected chi connectivity index (χ2v) is 5.97. The minimum Gasteiger partial charge on any atom is -0.393 e. The van der Waals surface area contributed by atoms with Crippen LogP contribution < -0.4 is 0 Å². The van der Waals surface area contributed by atoms with Gasteiger partial charge in [0.25, 0.3) is 0 Å². The molecule has 2 heterocycles. The Hall–Kier alpha value is -0.490. The van der Waals surface area contributed by atoms with Gasteiger partial charge in [-0.25, -0.2) is 4.98 Å². The van der Waals surface area contributed by atoms with E-state index < -0.39 is 0 Å². The fourth-order valence-electron chi connectivity index (χ4n) is 2.31. The van der Waals surface area contributed by atoms with Crippen LogP contribution in [0.15, 0.2) is 5.38 Å². The van der Waals surface area contributed by atoms with E-state index >= 15 is 0 Å². The Morgan fingerprint density at radius 1 is 1.61 bits per heavy atom. The molecule has 5 heteroatoms. The average Bonchev–Trinajstić information content (AvgIpc) is 2.98. The van der Waals surface area contributed by atoms with Crippen LogP contribution in [0.1, 0.15) is 37.1 Å². The van der Waals surface area contributed by atoms with E-state index in [1.165, 1.54) is 0 Å². The maximum Gasteiger partial charge on any atom is 0.122 e. The monoisotopic (exact) mass is 270 g/mol. The molecule has 18 heavy (non-hydrogen) atoms. The number of rotatable bonds is 5. The zero-order valence-corrected chi connectivity index (χ0v) is 12.1. The van der Waals surface area contributed by atoms with Crippen molar-refractivity contribution in [1.29, 1.82) is 0 Å². The molecule has 1 aromatic rings.